The Balaban J connectivity index is 1.96. The minimum Gasteiger partial charge on any atom is -0.422 e. The minimum atomic E-state index is -0.297. The van der Waals surface area contributed by atoms with E-state index < -0.39 is 0 Å². The summed E-state index contributed by atoms with van der Waals surface area (Å²) in [6.45, 7) is 4.06. The number of ether oxygens (including phenoxy) is 1. The van der Waals surface area contributed by atoms with Gasteiger partial charge in [0.1, 0.15) is 5.76 Å². The van der Waals surface area contributed by atoms with Crippen molar-refractivity contribution in [2.24, 2.45) is 0 Å². The normalized spacial score (nSPS) is 16.0. The molecule has 0 atom stereocenters. The average Bonchev–Trinajstić information content (AvgIpc) is 2.83. The van der Waals surface area contributed by atoms with Crippen LogP contribution in [-0.2, 0) is 9.53 Å². The molecule has 21 heavy (non-hydrogen) atoms. The molecule has 2 nitrogen and oxygen atoms in total. The number of cyclic esters (lactones) is 1. The van der Waals surface area contributed by atoms with Gasteiger partial charge in [-0.3, -0.25) is 0 Å². The van der Waals surface area contributed by atoms with Crippen molar-refractivity contribution in [3.63, 3.8) is 0 Å². The van der Waals surface area contributed by atoms with E-state index in [-0.39, 0.29) is 5.97 Å². The van der Waals surface area contributed by atoms with Gasteiger partial charge in [-0.1, -0.05) is 54.1 Å². The standard InChI is InChI=1S/C19H16O2/c1-13-7-9-15(10-8-13)18-12-17(19(20)21-18)11-16-6-4-3-5-14(16)2/h3-12H,1-2H3/b17-11+. The maximum absolute atomic E-state index is 12.0. The van der Waals surface area contributed by atoms with E-state index in [0.717, 1.165) is 16.7 Å². The second kappa shape index (κ2) is 5.41. The lowest BCUT2D eigenvalue weighted by Crippen LogP contribution is -1.97. The summed E-state index contributed by atoms with van der Waals surface area (Å²) in [4.78, 5) is 12.0. The van der Waals surface area contributed by atoms with Crippen LogP contribution in [0.25, 0.3) is 11.8 Å². The zero-order valence-corrected chi connectivity index (χ0v) is 12.1. The van der Waals surface area contributed by atoms with Crippen LogP contribution in [0.1, 0.15) is 22.3 Å². The first-order valence-electron chi connectivity index (χ1n) is 6.92. The van der Waals surface area contributed by atoms with Crippen molar-refractivity contribution in [3.05, 3.63) is 82.4 Å². The second-order valence-corrected chi connectivity index (χ2v) is 5.22. The summed E-state index contributed by atoms with van der Waals surface area (Å²) < 4.78 is 5.37. The molecule has 0 saturated carbocycles. The van der Waals surface area contributed by atoms with Crippen molar-refractivity contribution >= 4 is 17.8 Å². The smallest absolute Gasteiger partial charge is 0.343 e. The highest BCUT2D eigenvalue weighted by Crippen LogP contribution is 2.28. The molecular weight excluding hydrogens is 260 g/mol. The Morgan fingerprint density at radius 3 is 2.38 bits per heavy atom. The van der Waals surface area contributed by atoms with Crippen LogP contribution >= 0.6 is 0 Å². The summed E-state index contributed by atoms with van der Waals surface area (Å²) in [7, 11) is 0. The number of carbonyl (C=O) groups is 1. The molecule has 1 aliphatic rings. The van der Waals surface area contributed by atoms with Crippen LogP contribution in [0.4, 0.5) is 0 Å². The van der Waals surface area contributed by atoms with Gasteiger partial charge in [0.2, 0.25) is 0 Å². The molecule has 0 aromatic heterocycles. The van der Waals surface area contributed by atoms with Gasteiger partial charge in [0.05, 0.1) is 5.57 Å². The van der Waals surface area contributed by atoms with E-state index in [1.165, 1.54) is 5.56 Å². The SMILES string of the molecule is Cc1ccc(C2=C/C(=C\c3ccccc3C)C(=O)O2)cc1. The lowest BCUT2D eigenvalue weighted by Gasteiger charge is -2.01. The minimum absolute atomic E-state index is 0.297. The first kappa shape index (κ1) is 13.4. The van der Waals surface area contributed by atoms with Crippen LogP contribution < -0.4 is 0 Å². The van der Waals surface area contributed by atoms with Crippen LogP contribution in [0.15, 0.2) is 60.2 Å². The van der Waals surface area contributed by atoms with Crippen molar-refractivity contribution in [1.29, 1.82) is 0 Å². The van der Waals surface area contributed by atoms with Crippen molar-refractivity contribution in [3.8, 4) is 0 Å². The zero-order chi connectivity index (χ0) is 14.8. The van der Waals surface area contributed by atoms with Crippen LogP contribution in [0, 0.1) is 13.8 Å². The molecule has 1 heterocycles. The molecular formula is C19H16O2. The van der Waals surface area contributed by atoms with Crippen LogP contribution in [0.5, 0.6) is 0 Å². The second-order valence-electron chi connectivity index (χ2n) is 5.22. The average molecular weight is 276 g/mol. The third-order valence-electron chi connectivity index (χ3n) is 3.56. The Bertz CT molecular complexity index is 749. The van der Waals surface area contributed by atoms with Crippen molar-refractivity contribution in [1.82, 2.24) is 0 Å². The maximum atomic E-state index is 12.0. The summed E-state index contributed by atoms with van der Waals surface area (Å²) >= 11 is 0. The molecule has 0 radical (unpaired) electrons. The van der Waals surface area contributed by atoms with Gasteiger partial charge in [-0.05, 0) is 37.1 Å². The van der Waals surface area contributed by atoms with Gasteiger partial charge in [0, 0.05) is 5.56 Å². The van der Waals surface area contributed by atoms with Gasteiger partial charge in [-0.2, -0.15) is 0 Å². The lowest BCUT2D eigenvalue weighted by atomic mass is 10.1. The van der Waals surface area contributed by atoms with Crippen molar-refractivity contribution in [2.75, 3.05) is 0 Å². The van der Waals surface area contributed by atoms with Crippen LogP contribution in [0.3, 0.4) is 0 Å². The molecule has 0 unspecified atom stereocenters. The molecule has 2 heteroatoms. The molecule has 104 valence electrons. The first-order valence-corrected chi connectivity index (χ1v) is 6.92. The quantitative estimate of drug-likeness (QED) is 0.604. The topological polar surface area (TPSA) is 26.3 Å². The van der Waals surface area contributed by atoms with Gasteiger partial charge in [0.15, 0.2) is 0 Å². The Labute approximate surface area is 124 Å². The number of aryl methyl sites for hydroxylation is 2. The largest absolute Gasteiger partial charge is 0.422 e. The first-order chi connectivity index (χ1) is 10.1. The van der Waals surface area contributed by atoms with E-state index >= 15 is 0 Å². The molecule has 2 aromatic carbocycles. The summed E-state index contributed by atoms with van der Waals surface area (Å²) in [5.74, 6) is 0.314. The van der Waals surface area contributed by atoms with E-state index in [1.54, 1.807) is 6.08 Å². The van der Waals surface area contributed by atoms with Gasteiger partial charge in [-0.15, -0.1) is 0 Å². The molecule has 0 saturated heterocycles. The highest BCUT2D eigenvalue weighted by molar-refractivity contribution is 6.05. The fourth-order valence-corrected chi connectivity index (χ4v) is 2.27. The number of hydrogen-bond acceptors (Lipinski definition) is 2. The molecule has 0 amide bonds. The number of carbonyl (C=O) groups excluding carboxylic acids is 1. The highest BCUT2D eigenvalue weighted by Gasteiger charge is 2.21. The summed E-state index contributed by atoms with van der Waals surface area (Å²) in [6, 6.07) is 15.9. The summed E-state index contributed by atoms with van der Waals surface area (Å²) in [5, 5.41) is 0. The van der Waals surface area contributed by atoms with Crippen LogP contribution in [-0.4, -0.2) is 5.97 Å². The Morgan fingerprint density at radius 2 is 1.67 bits per heavy atom. The van der Waals surface area contributed by atoms with Crippen LogP contribution in [0.2, 0.25) is 0 Å². The van der Waals surface area contributed by atoms with E-state index in [0.29, 0.717) is 11.3 Å². The Hall–Kier alpha value is -2.61. The van der Waals surface area contributed by atoms with E-state index in [1.807, 2.05) is 68.5 Å². The number of hydrogen-bond donors (Lipinski definition) is 0. The molecule has 0 fully saturated rings. The Morgan fingerprint density at radius 1 is 0.952 bits per heavy atom. The molecule has 2 aromatic rings. The lowest BCUT2D eigenvalue weighted by molar-refractivity contribution is -0.130. The summed E-state index contributed by atoms with van der Waals surface area (Å²) in [6.07, 6.45) is 3.68. The number of esters is 1. The fraction of sp³-hybridized carbons (Fsp3) is 0.105. The third-order valence-corrected chi connectivity index (χ3v) is 3.56. The molecule has 0 N–H and O–H groups in total. The van der Waals surface area contributed by atoms with Gasteiger partial charge in [-0.25, -0.2) is 4.79 Å². The number of rotatable bonds is 2. The third kappa shape index (κ3) is 2.79. The predicted octanol–water partition coefficient (Wildman–Crippen LogP) is 4.28. The maximum Gasteiger partial charge on any atom is 0.343 e. The summed E-state index contributed by atoms with van der Waals surface area (Å²) in [5.41, 5.74) is 4.85. The fourth-order valence-electron chi connectivity index (χ4n) is 2.27. The predicted molar refractivity (Wildman–Crippen MR) is 84.4 cm³/mol. The van der Waals surface area contributed by atoms with E-state index in [9.17, 15) is 4.79 Å². The van der Waals surface area contributed by atoms with E-state index in [2.05, 4.69) is 0 Å². The highest BCUT2D eigenvalue weighted by atomic mass is 16.5. The monoisotopic (exact) mass is 276 g/mol. The molecule has 0 bridgehead atoms. The molecule has 0 aliphatic carbocycles. The van der Waals surface area contributed by atoms with Crippen molar-refractivity contribution in [2.45, 2.75) is 13.8 Å². The molecule has 0 spiro atoms. The van der Waals surface area contributed by atoms with Gasteiger partial charge in [0.25, 0.3) is 0 Å². The molecule has 1 aliphatic heterocycles. The van der Waals surface area contributed by atoms with Crippen molar-refractivity contribution < 1.29 is 9.53 Å². The van der Waals surface area contributed by atoms with E-state index in [4.69, 9.17) is 4.74 Å². The molecule has 3 rings (SSSR count). The number of benzene rings is 2. The van der Waals surface area contributed by atoms with Gasteiger partial charge < -0.3 is 4.74 Å². The van der Waals surface area contributed by atoms with Gasteiger partial charge >= 0.3 is 5.97 Å². The Kier molecular flexibility index (Phi) is 3.44. The zero-order valence-electron chi connectivity index (χ0n) is 12.1.